The molecule has 1 aliphatic heterocycles. The number of piperidine rings is 1. The molecule has 2 atom stereocenters. The summed E-state index contributed by atoms with van der Waals surface area (Å²) in [6, 6.07) is -0.352. The van der Waals surface area contributed by atoms with Crippen LogP contribution < -0.4 is 5.73 Å². The summed E-state index contributed by atoms with van der Waals surface area (Å²) in [6.07, 6.45) is 7.06. The maximum Gasteiger partial charge on any atom is 0.239 e. The molecule has 0 radical (unpaired) electrons. The van der Waals surface area contributed by atoms with Gasteiger partial charge in [0.05, 0.1) is 12.2 Å². The molecule has 0 saturated carbocycles. The predicted molar refractivity (Wildman–Crippen MR) is 83.9 cm³/mol. The molecule has 1 aromatic rings. The number of rotatable bonds is 5. The Kier molecular flexibility index (Phi) is 5.39. The smallest absolute Gasteiger partial charge is 0.239 e. The van der Waals surface area contributed by atoms with E-state index in [-0.39, 0.29) is 17.9 Å². The van der Waals surface area contributed by atoms with Crippen molar-refractivity contribution >= 4 is 5.91 Å². The van der Waals surface area contributed by atoms with E-state index in [2.05, 4.69) is 32.1 Å². The second-order valence-corrected chi connectivity index (χ2v) is 6.14. The van der Waals surface area contributed by atoms with Gasteiger partial charge in [-0.3, -0.25) is 9.48 Å². The molecule has 2 rings (SSSR count). The average molecular weight is 292 g/mol. The first-order chi connectivity index (χ1) is 10.1. The molecule has 2 N–H and O–H groups in total. The molecule has 1 saturated heterocycles. The van der Waals surface area contributed by atoms with E-state index >= 15 is 0 Å². The lowest BCUT2D eigenvalue weighted by Crippen LogP contribution is -2.49. The number of carbonyl (C=O) groups is 1. The lowest BCUT2D eigenvalue weighted by atomic mass is 9.90. The van der Waals surface area contributed by atoms with Crippen LogP contribution in [-0.4, -0.2) is 39.7 Å². The molecule has 0 aromatic carbocycles. The molecule has 2 heterocycles. The van der Waals surface area contributed by atoms with Crippen molar-refractivity contribution in [1.82, 2.24) is 14.7 Å². The summed E-state index contributed by atoms with van der Waals surface area (Å²) in [4.78, 5) is 14.3. The number of aryl methyl sites for hydroxylation is 1. The van der Waals surface area contributed by atoms with Crippen molar-refractivity contribution in [3.05, 3.63) is 18.0 Å². The van der Waals surface area contributed by atoms with E-state index < -0.39 is 0 Å². The van der Waals surface area contributed by atoms with E-state index in [1.807, 2.05) is 15.8 Å². The van der Waals surface area contributed by atoms with Gasteiger partial charge in [0.25, 0.3) is 0 Å². The van der Waals surface area contributed by atoms with Crippen LogP contribution in [0.5, 0.6) is 0 Å². The Labute approximate surface area is 127 Å². The molecular formula is C16H28N4O. The Morgan fingerprint density at radius 3 is 2.62 bits per heavy atom. The van der Waals surface area contributed by atoms with Crippen LogP contribution in [0.2, 0.25) is 0 Å². The maximum atomic E-state index is 12.4. The zero-order valence-electron chi connectivity index (χ0n) is 13.5. The van der Waals surface area contributed by atoms with Crippen LogP contribution in [0.15, 0.2) is 12.4 Å². The highest BCUT2D eigenvalue weighted by Crippen LogP contribution is 2.28. The summed E-state index contributed by atoms with van der Waals surface area (Å²) >= 11 is 0. The van der Waals surface area contributed by atoms with Gasteiger partial charge in [-0.1, -0.05) is 20.3 Å². The van der Waals surface area contributed by atoms with Crippen molar-refractivity contribution in [2.75, 3.05) is 13.1 Å². The lowest BCUT2D eigenvalue weighted by molar-refractivity contribution is -0.134. The highest BCUT2D eigenvalue weighted by Gasteiger charge is 2.29. The molecule has 118 valence electrons. The minimum absolute atomic E-state index is 0.118. The molecule has 0 spiro atoms. The van der Waals surface area contributed by atoms with Crippen molar-refractivity contribution in [3.63, 3.8) is 0 Å². The van der Waals surface area contributed by atoms with Crippen LogP contribution in [0, 0.1) is 5.92 Å². The number of nitrogens with two attached hydrogens (primary N) is 1. The topological polar surface area (TPSA) is 64.2 Å². The minimum atomic E-state index is -0.352. The van der Waals surface area contributed by atoms with E-state index in [0.29, 0.717) is 5.92 Å². The third-order valence-corrected chi connectivity index (χ3v) is 4.80. The van der Waals surface area contributed by atoms with Crippen molar-refractivity contribution in [3.8, 4) is 0 Å². The maximum absolute atomic E-state index is 12.4. The first kappa shape index (κ1) is 16.0. The van der Waals surface area contributed by atoms with Crippen LogP contribution >= 0.6 is 0 Å². The minimum Gasteiger partial charge on any atom is -0.341 e. The number of carbonyl (C=O) groups excluding carboxylic acids is 1. The van der Waals surface area contributed by atoms with Gasteiger partial charge in [-0.2, -0.15) is 5.10 Å². The first-order valence-electron chi connectivity index (χ1n) is 8.13. The first-order valence-corrected chi connectivity index (χ1v) is 8.13. The lowest BCUT2D eigenvalue weighted by Gasteiger charge is -2.34. The fourth-order valence-corrected chi connectivity index (χ4v) is 2.90. The number of likely N-dealkylation sites (tertiary alicyclic amines) is 1. The Bertz CT molecular complexity index is 463. The summed E-state index contributed by atoms with van der Waals surface area (Å²) in [6.45, 7) is 8.75. The van der Waals surface area contributed by atoms with Crippen molar-refractivity contribution in [2.45, 2.75) is 58.5 Å². The van der Waals surface area contributed by atoms with Gasteiger partial charge < -0.3 is 10.6 Å². The molecule has 1 fully saturated rings. The molecule has 21 heavy (non-hydrogen) atoms. The van der Waals surface area contributed by atoms with E-state index in [1.54, 1.807) is 0 Å². The van der Waals surface area contributed by atoms with Crippen LogP contribution in [0.4, 0.5) is 0 Å². The van der Waals surface area contributed by atoms with Gasteiger partial charge >= 0.3 is 0 Å². The fourth-order valence-electron chi connectivity index (χ4n) is 2.90. The zero-order valence-corrected chi connectivity index (χ0v) is 13.5. The summed E-state index contributed by atoms with van der Waals surface area (Å²) in [7, 11) is 0. The van der Waals surface area contributed by atoms with Crippen LogP contribution in [0.3, 0.4) is 0 Å². The van der Waals surface area contributed by atoms with Gasteiger partial charge in [0, 0.05) is 25.8 Å². The van der Waals surface area contributed by atoms with E-state index in [1.165, 1.54) is 5.56 Å². The molecular weight excluding hydrogens is 264 g/mol. The molecule has 5 heteroatoms. The largest absolute Gasteiger partial charge is 0.341 e. The molecule has 5 nitrogen and oxygen atoms in total. The third kappa shape index (κ3) is 3.64. The SMILES string of the molecule is CCC(C)C(N)C(=O)N1CCC(c2cnn(CC)c2)CC1. The van der Waals surface area contributed by atoms with Gasteiger partial charge in [0.15, 0.2) is 0 Å². The van der Waals surface area contributed by atoms with Crippen LogP contribution in [0.25, 0.3) is 0 Å². The zero-order chi connectivity index (χ0) is 15.4. The Morgan fingerprint density at radius 2 is 2.10 bits per heavy atom. The standard InChI is InChI=1S/C16H28N4O/c1-4-12(3)15(17)16(21)19-8-6-13(7-9-19)14-10-18-20(5-2)11-14/h10-13,15H,4-9,17H2,1-3H3. The van der Waals surface area contributed by atoms with Crippen LogP contribution in [0.1, 0.15) is 51.5 Å². The molecule has 1 amide bonds. The second kappa shape index (κ2) is 7.07. The second-order valence-electron chi connectivity index (χ2n) is 6.14. The van der Waals surface area contributed by atoms with E-state index in [0.717, 1.165) is 38.9 Å². The summed E-state index contributed by atoms with van der Waals surface area (Å²) in [5, 5.41) is 4.34. The summed E-state index contributed by atoms with van der Waals surface area (Å²) < 4.78 is 1.96. The van der Waals surface area contributed by atoms with Crippen molar-refractivity contribution in [1.29, 1.82) is 0 Å². The Balaban J connectivity index is 1.89. The van der Waals surface area contributed by atoms with Crippen LogP contribution in [-0.2, 0) is 11.3 Å². The molecule has 0 aliphatic carbocycles. The van der Waals surface area contributed by atoms with Gasteiger partial charge in [-0.15, -0.1) is 0 Å². The number of aromatic nitrogens is 2. The fraction of sp³-hybridized carbons (Fsp3) is 0.750. The highest BCUT2D eigenvalue weighted by molar-refractivity contribution is 5.82. The highest BCUT2D eigenvalue weighted by atomic mass is 16.2. The predicted octanol–water partition coefficient (Wildman–Crippen LogP) is 1.98. The normalized spacial score (nSPS) is 19.5. The van der Waals surface area contributed by atoms with Gasteiger partial charge in [0.2, 0.25) is 5.91 Å². The molecule has 2 unspecified atom stereocenters. The van der Waals surface area contributed by atoms with Crippen molar-refractivity contribution in [2.24, 2.45) is 11.7 Å². The van der Waals surface area contributed by atoms with Crippen molar-refractivity contribution < 1.29 is 4.79 Å². The van der Waals surface area contributed by atoms with Gasteiger partial charge in [0.1, 0.15) is 0 Å². The Morgan fingerprint density at radius 1 is 1.43 bits per heavy atom. The van der Waals surface area contributed by atoms with Gasteiger partial charge in [-0.25, -0.2) is 0 Å². The van der Waals surface area contributed by atoms with E-state index in [9.17, 15) is 4.79 Å². The molecule has 0 bridgehead atoms. The quantitative estimate of drug-likeness (QED) is 0.902. The number of nitrogens with zero attached hydrogens (tertiary/aromatic N) is 3. The monoisotopic (exact) mass is 292 g/mol. The van der Waals surface area contributed by atoms with E-state index in [4.69, 9.17) is 5.73 Å². The summed E-state index contributed by atoms with van der Waals surface area (Å²) in [5.41, 5.74) is 7.37. The number of amides is 1. The molecule has 1 aliphatic rings. The Hall–Kier alpha value is -1.36. The molecule has 1 aromatic heterocycles. The number of hydrogen-bond donors (Lipinski definition) is 1. The van der Waals surface area contributed by atoms with Gasteiger partial charge in [-0.05, 0) is 37.2 Å². The summed E-state index contributed by atoms with van der Waals surface area (Å²) in [5.74, 6) is 0.888. The average Bonchev–Trinajstić information content (AvgIpc) is 3.02. The third-order valence-electron chi connectivity index (χ3n) is 4.80. The number of hydrogen-bond acceptors (Lipinski definition) is 3.